The van der Waals surface area contributed by atoms with Crippen LogP contribution < -0.4 is 10.6 Å². The second-order valence-electron chi connectivity index (χ2n) is 3.59. The van der Waals surface area contributed by atoms with Crippen LogP contribution in [0.2, 0.25) is 5.02 Å². The van der Waals surface area contributed by atoms with Gasteiger partial charge in [-0.05, 0) is 36.3 Å². The molecule has 0 fully saturated rings. The Bertz CT molecular complexity index is 324. The Balaban J connectivity index is 2.23. The molecule has 0 bridgehead atoms. The fraction of sp³-hybridized carbons (Fsp3) is 0.417. The van der Waals surface area contributed by atoms with E-state index in [9.17, 15) is 0 Å². The van der Waals surface area contributed by atoms with Gasteiger partial charge in [-0.15, -0.1) is 0 Å². The Labute approximate surface area is 107 Å². The minimum Gasteiger partial charge on any atom is -0.363 e. The fourth-order valence-electron chi connectivity index (χ4n) is 1.23. The number of nitrogens with one attached hydrogen (secondary N) is 2. The molecule has 0 aliphatic rings. The summed E-state index contributed by atoms with van der Waals surface area (Å²) in [4.78, 5) is 0. The topological polar surface area (TPSA) is 24.1 Å². The van der Waals surface area contributed by atoms with E-state index >= 15 is 0 Å². The molecule has 0 radical (unpaired) electrons. The summed E-state index contributed by atoms with van der Waals surface area (Å²) in [7, 11) is 0. The summed E-state index contributed by atoms with van der Waals surface area (Å²) in [6.45, 7) is 3.82. The highest BCUT2D eigenvalue weighted by atomic mass is 35.5. The van der Waals surface area contributed by atoms with Crippen LogP contribution in [0.5, 0.6) is 0 Å². The first kappa shape index (κ1) is 13.3. The molecule has 0 atom stereocenters. The lowest BCUT2D eigenvalue weighted by Crippen LogP contribution is -2.35. The van der Waals surface area contributed by atoms with Crippen molar-refractivity contribution in [1.82, 2.24) is 10.6 Å². The van der Waals surface area contributed by atoms with E-state index in [1.54, 1.807) is 0 Å². The van der Waals surface area contributed by atoms with E-state index in [4.69, 9.17) is 23.8 Å². The molecule has 2 N–H and O–H groups in total. The third kappa shape index (κ3) is 5.33. The Morgan fingerprint density at radius 3 is 2.56 bits per heavy atom. The monoisotopic (exact) mass is 256 g/mol. The van der Waals surface area contributed by atoms with E-state index in [1.165, 1.54) is 12.0 Å². The van der Waals surface area contributed by atoms with Crippen LogP contribution in [0.15, 0.2) is 24.3 Å². The molecule has 2 nitrogen and oxygen atoms in total. The predicted molar refractivity (Wildman–Crippen MR) is 73.8 cm³/mol. The molecule has 0 aliphatic carbocycles. The maximum atomic E-state index is 5.80. The lowest BCUT2D eigenvalue weighted by molar-refractivity contribution is 0.739. The van der Waals surface area contributed by atoms with Crippen molar-refractivity contribution < 1.29 is 0 Å². The van der Waals surface area contributed by atoms with Crippen molar-refractivity contribution in [2.24, 2.45) is 0 Å². The van der Waals surface area contributed by atoms with Crippen molar-refractivity contribution in [2.75, 3.05) is 6.54 Å². The highest BCUT2D eigenvalue weighted by molar-refractivity contribution is 7.80. The second-order valence-corrected chi connectivity index (χ2v) is 4.43. The fourth-order valence-corrected chi connectivity index (χ4v) is 1.53. The van der Waals surface area contributed by atoms with Gasteiger partial charge in [0, 0.05) is 18.1 Å². The lowest BCUT2D eigenvalue weighted by Gasteiger charge is -2.09. The van der Waals surface area contributed by atoms with Crippen molar-refractivity contribution in [1.29, 1.82) is 0 Å². The molecule has 0 saturated heterocycles. The summed E-state index contributed by atoms with van der Waals surface area (Å²) in [5.74, 6) is 0. The molecule has 4 heteroatoms. The SMILES string of the molecule is CCCCNC(=S)NCc1ccc(Cl)cc1. The van der Waals surface area contributed by atoms with Gasteiger partial charge in [0.15, 0.2) is 5.11 Å². The van der Waals surface area contributed by atoms with Crippen LogP contribution >= 0.6 is 23.8 Å². The molecule has 1 aromatic rings. The summed E-state index contributed by atoms with van der Waals surface area (Å²) in [6, 6.07) is 7.74. The number of thiocarbonyl (C=S) groups is 1. The largest absolute Gasteiger partial charge is 0.363 e. The Hall–Kier alpha value is -0.800. The van der Waals surface area contributed by atoms with E-state index < -0.39 is 0 Å². The minimum atomic E-state index is 0.711. The van der Waals surface area contributed by atoms with Gasteiger partial charge in [-0.1, -0.05) is 37.1 Å². The molecular formula is C12H17ClN2S. The molecule has 88 valence electrons. The summed E-state index contributed by atoms with van der Waals surface area (Å²) >= 11 is 10.9. The van der Waals surface area contributed by atoms with Crippen LogP contribution in [-0.2, 0) is 6.54 Å². The molecule has 16 heavy (non-hydrogen) atoms. The van der Waals surface area contributed by atoms with Gasteiger partial charge in [0.1, 0.15) is 0 Å². The van der Waals surface area contributed by atoms with Crippen LogP contribution in [0.1, 0.15) is 25.3 Å². The maximum absolute atomic E-state index is 5.80. The van der Waals surface area contributed by atoms with Crippen LogP contribution in [0.25, 0.3) is 0 Å². The number of benzene rings is 1. The Morgan fingerprint density at radius 1 is 1.25 bits per heavy atom. The van der Waals surface area contributed by atoms with Crippen molar-refractivity contribution in [3.05, 3.63) is 34.9 Å². The average Bonchev–Trinajstić information content (AvgIpc) is 2.29. The summed E-state index contributed by atoms with van der Waals surface area (Å²) in [5, 5.41) is 7.78. The highest BCUT2D eigenvalue weighted by Gasteiger charge is 1.96. The number of halogens is 1. The summed E-state index contributed by atoms with van der Waals surface area (Å²) in [5.41, 5.74) is 1.17. The maximum Gasteiger partial charge on any atom is 0.166 e. The highest BCUT2D eigenvalue weighted by Crippen LogP contribution is 2.08. The normalized spacial score (nSPS) is 9.88. The smallest absolute Gasteiger partial charge is 0.166 e. The first-order chi connectivity index (χ1) is 7.72. The van der Waals surface area contributed by atoms with Gasteiger partial charge < -0.3 is 10.6 Å². The molecule has 1 rings (SSSR count). The standard InChI is InChI=1S/C12H17ClN2S/c1-2-3-8-14-12(16)15-9-10-4-6-11(13)7-5-10/h4-7H,2-3,8-9H2,1H3,(H2,14,15,16). The lowest BCUT2D eigenvalue weighted by atomic mass is 10.2. The second kappa shape index (κ2) is 7.47. The minimum absolute atomic E-state index is 0.711. The van der Waals surface area contributed by atoms with Crippen LogP contribution in [-0.4, -0.2) is 11.7 Å². The van der Waals surface area contributed by atoms with Gasteiger partial charge in [0.2, 0.25) is 0 Å². The summed E-state index contributed by atoms with van der Waals surface area (Å²) in [6.07, 6.45) is 2.32. The van der Waals surface area contributed by atoms with Gasteiger partial charge in [-0.2, -0.15) is 0 Å². The van der Waals surface area contributed by atoms with E-state index in [-0.39, 0.29) is 0 Å². The van der Waals surface area contributed by atoms with E-state index in [2.05, 4.69) is 17.6 Å². The third-order valence-corrected chi connectivity index (χ3v) is 2.72. The van der Waals surface area contributed by atoms with Crippen LogP contribution in [0.4, 0.5) is 0 Å². The average molecular weight is 257 g/mol. The van der Waals surface area contributed by atoms with Crippen molar-refractivity contribution >= 4 is 28.9 Å². The molecule has 1 aromatic carbocycles. The molecule has 0 saturated carbocycles. The van der Waals surface area contributed by atoms with Crippen molar-refractivity contribution in [3.63, 3.8) is 0 Å². The molecule has 0 unspecified atom stereocenters. The zero-order valence-corrected chi connectivity index (χ0v) is 11.0. The zero-order chi connectivity index (χ0) is 11.8. The first-order valence-electron chi connectivity index (χ1n) is 5.48. The van der Waals surface area contributed by atoms with Gasteiger partial charge in [-0.25, -0.2) is 0 Å². The van der Waals surface area contributed by atoms with Crippen molar-refractivity contribution in [3.8, 4) is 0 Å². The summed E-state index contributed by atoms with van der Waals surface area (Å²) < 4.78 is 0. The Morgan fingerprint density at radius 2 is 1.94 bits per heavy atom. The zero-order valence-electron chi connectivity index (χ0n) is 9.42. The number of hydrogen-bond donors (Lipinski definition) is 2. The first-order valence-corrected chi connectivity index (χ1v) is 6.27. The number of unbranched alkanes of at least 4 members (excludes halogenated alkanes) is 1. The van der Waals surface area contributed by atoms with Crippen LogP contribution in [0, 0.1) is 0 Å². The van der Waals surface area contributed by atoms with Gasteiger partial charge in [-0.3, -0.25) is 0 Å². The molecular weight excluding hydrogens is 240 g/mol. The quantitative estimate of drug-likeness (QED) is 0.625. The molecule has 0 heterocycles. The van der Waals surface area contributed by atoms with Crippen molar-refractivity contribution in [2.45, 2.75) is 26.3 Å². The molecule has 0 aromatic heterocycles. The van der Waals surface area contributed by atoms with Crippen LogP contribution in [0.3, 0.4) is 0 Å². The van der Waals surface area contributed by atoms with E-state index in [0.717, 1.165) is 24.5 Å². The molecule has 0 aliphatic heterocycles. The predicted octanol–water partition coefficient (Wildman–Crippen LogP) is 3.10. The van der Waals surface area contributed by atoms with Gasteiger partial charge >= 0.3 is 0 Å². The van der Waals surface area contributed by atoms with Gasteiger partial charge in [0.05, 0.1) is 0 Å². The van der Waals surface area contributed by atoms with Gasteiger partial charge in [0.25, 0.3) is 0 Å². The molecule has 0 amide bonds. The number of hydrogen-bond acceptors (Lipinski definition) is 1. The number of rotatable bonds is 5. The molecule has 0 spiro atoms. The third-order valence-electron chi connectivity index (χ3n) is 2.18. The van der Waals surface area contributed by atoms with E-state index in [1.807, 2.05) is 24.3 Å². The van der Waals surface area contributed by atoms with E-state index in [0.29, 0.717) is 5.11 Å². The Kier molecular flexibility index (Phi) is 6.19.